The second kappa shape index (κ2) is 5.32. The van der Waals surface area contributed by atoms with Crippen LogP contribution in [0.1, 0.15) is 39.0 Å². The van der Waals surface area contributed by atoms with Gasteiger partial charge in [-0.3, -0.25) is 10.0 Å². The summed E-state index contributed by atoms with van der Waals surface area (Å²) in [6, 6.07) is 0.331. The Morgan fingerprint density at radius 3 is 2.86 bits per heavy atom. The van der Waals surface area contributed by atoms with Gasteiger partial charge in [0, 0.05) is 12.5 Å². The van der Waals surface area contributed by atoms with Crippen molar-refractivity contribution < 1.29 is 10.0 Å². The average Bonchev–Trinajstić information content (AvgIpc) is 2.19. The molecule has 1 saturated carbocycles. The van der Waals surface area contributed by atoms with Crippen LogP contribution < -0.4 is 11.2 Å². The fourth-order valence-electron chi connectivity index (χ4n) is 2.18. The normalized spacial score (nSPS) is 32.6. The first-order chi connectivity index (χ1) is 6.63. The number of hydrogen-bond donors (Lipinski definition) is 3. The number of hydrogen-bond acceptors (Lipinski definition) is 3. The molecule has 0 spiro atoms. The van der Waals surface area contributed by atoms with Gasteiger partial charge in [0.15, 0.2) is 0 Å². The zero-order valence-electron chi connectivity index (χ0n) is 8.70. The van der Waals surface area contributed by atoms with E-state index in [4.69, 9.17) is 10.9 Å². The van der Waals surface area contributed by atoms with Crippen LogP contribution in [0.15, 0.2) is 0 Å². The van der Waals surface area contributed by atoms with Crippen LogP contribution >= 0.6 is 0 Å². The van der Waals surface area contributed by atoms with Crippen molar-refractivity contribution in [3.8, 4) is 0 Å². The lowest BCUT2D eigenvalue weighted by Crippen LogP contribution is -2.34. The van der Waals surface area contributed by atoms with Crippen LogP contribution in [-0.2, 0) is 4.79 Å². The summed E-state index contributed by atoms with van der Waals surface area (Å²) >= 11 is 0. The Labute approximate surface area is 84.8 Å². The molecule has 4 heteroatoms. The maximum absolute atomic E-state index is 10.8. The number of nitrogens with one attached hydrogen (secondary N) is 1. The van der Waals surface area contributed by atoms with E-state index in [1.807, 2.05) is 0 Å². The molecule has 0 aromatic carbocycles. The number of carbonyl (C=O) groups excluding carboxylic acids is 1. The molecule has 14 heavy (non-hydrogen) atoms. The van der Waals surface area contributed by atoms with Gasteiger partial charge in [-0.15, -0.1) is 0 Å². The van der Waals surface area contributed by atoms with E-state index in [2.05, 4.69) is 6.92 Å². The fraction of sp³-hybridized carbons (Fsp3) is 0.900. The monoisotopic (exact) mass is 200 g/mol. The van der Waals surface area contributed by atoms with E-state index in [0.717, 1.165) is 25.7 Å². The summed E-state index contributed by atoms with van der Waals surface area (Å²) in [7, 11) is 0. The second-order valence-corrected chi connectivity index (χ2v) is 4.39. The minimum absolute atomic E-state index is 0.285. The molecular formula is C10H20N2O2. The van der Waals surface area contributed by atoms with Crippen LogP contribution in [0.5, 0.6) is 0 Å². The average molecular weight is 200 g/mol. The summed E-state index contributed by atoms with van der Waals surface area (Å²) in [5, 5.41) is 8.34. The largest absolute Gasteiger partial charge is 0.327 e. The molecule has 4 N–H and O–H groups in total. The molecule has 0 radical (unpaired) electrons. The van der Waals surface area contributed by atoms with E-state index < -0.39 is 0 Å². The van der Waals surface area contributed by atoms with Crippen LogP contribution in [0.25, 0.3) is 0 Å². The van der Waals surface area contributed by atoms with Gasteiger partial charge < -0.3 is 5.73 Å². The Kier molecular flexibility index (Phi) is 4.35. The van der Waals surface area contributed by atoms with Crippen LogP contribution in [0.3, 0.4) is 0 Å². The molecule has 3 unspecified atom stereocenters. The minimum atomic E-state index is -0.285. The smallest absolute Gasteiger partial charge is 0.243 e. The maximum atomic E-state index is 10.8. The summed E-state index contributed by atoms with van der Waals surface area (Å²) < 4.78 is 0. The standard InChI is InChI=1S/C10H20N2O2/c1-7-6-8(2-4-9(7)11)3-5-10(13)12-14/h7-9,14H,2-6,11H2,1H3,(H,12,13). The van der Waals surface area contributed by atoms with Crippen molar-refractivity contribution in [2.45, 2.75) is 45.1 Å². The van der Waals surface area contributed by atoms with Gasteiger partial charge in [0.1, 0.15) is 0 Å². The van der Waals surface area contributed by atoms with E-state index >= 15 is 0 Å². The number of carbonyl (C=O) groups is 1. The summed E-state index contributed by atoms with van der Waals surface area (Å²) in [5.74, 6) is 0.876. The predicted octanol–water partition coefficient (Wildman–Crippen LogP) is 1.04. The fourth-order valence-corrected chi connectivity index (χ4v) is 2.18. The first kappa shape index (κ1) is 11.5. The Morgan fingerprint density at radius 2 is 2.29 bits per heavy atom. The van der Waals surface area contributed by atoms with E-state index in [9.17, 15) is 4.79 Å². The Morgan fingerprint density at radius 1 is 1.57 bits per heavy atom. The molecule has 4 nitrogen and oxygen atoms in total. The Balaban J connectivity index is 2.23. The van der Waals surface area contributed by atoms with Gasteiger partial charge in [-0.2, -0.15) is 0 Å². The molecule has 82 valence electrons. The predicted molar refractivity (Wildman–Crippen MR) is 53.6 cm³/mol. The van der Waals surface area contributed by atoms with E-state index in [0.29, 0.717) is 24.3 Å². The minimum Gasteiger partial charge on any atom is -0.327 e. The molecular weight excluding hydrogens is 180 g/mol. The lowest BCUT2D eigenvalue weighted by molar-refractivity contribution is -0.129. The van der Waals surface area contributed by atoms with E-state index in [1.165, 1.54) is 0 Å². The maximum Gasteiger partial charge on any atom is 0.243 e. The quantitative estimate of drug-likeness (QED) is 0.470. The zero-order valence-corrected chi connectivity index (χ0v) is 8.70. The summed E-state index contributed by atoms with van der Waals surface area (Å²) in [6.07, 6.45) is 4.57. The van der Waals surface area contributed by atoms with Gasteiger partial charge in [0.25, 0.3) is 0 Å². The van der Waals surface area contributed by atoms with Crippen LogP contribution in [-0.4, -0.2) is 17.2 Å². The first-order valence-corrected chi connectivity index (χ1v) is 5.32. The summed E-state index contributed by atoms with van der Waals surface area (Å²) in [4.78, 5) is 10.8. The molecule has 1 amide bonds. The highest BCUT2D eigenvalue weighted by Crippen LogP contribution is 2.30. The lowest BCUT2D eigenvalue weighted by Gasteiger charge is -2.31. The van der Waals surface area contributed by atoms with Crippen molar-refractivity contribution in [3.63, 3.8) is 0 Å². The SMILES string of the molecule is CC1CC(CCC(=O)NO)CCC1N. The number of rotatable bonds is 3. The molecule has 0 aromatic heterocycles. The molecule has 1 aliphatic rings. The first-order valence-electron chi connectivity index (χ1n) is 5.32. The lowest BCUT2D eigenvalue weighted by atomic mass is 9.77. The van der Waals surface area contributed by atoms with Crippen LogP contribution in [0.2, 0.25) is 0 Å². The van der Waals surface area contributed by atoms with Crippen molar-refractivity contribution in [2.24, 2.45) is 17.6 Å². The molecule has 3 atom stereocenters. The van der Waals surface area contributed by atoms with Crippen molar-refractivity contribution in [2.75, 3.05) is 0 Å². The third-order valence-corrected chi connectivity index (χ3v) is 3.25. The molecule has 1 rings (SSSR count). The number of nitrogens with two attached hydrogens (primary N) is 1. The third-order valence-electron chi connectivity index (χ3n) is 3.25. The van der Waals surface area contributed by atoms with Crippen molar-refractivity contribution >= 4 is 5.91 Å². The van der Waals surface area contributed by atoms with Crippen molar-refractivity contribution in [1.82, 2.24) is 5.48 Å². The van der Waals surface area contributed by atoms with Gasteiger partial charge in [0.2, 0.25) is 5.91 Å². The topological polar surface area (TPSA) is 75.3 Å². The Hall–Kier alpha value is -0.610. The van der Waals surface area contributed by atoms with Crippen molar-refractivity contribution in [3.05, 3.63) is 0 Å². The molecule has 1 fully saturated rings. The van der Waals surface area contributed by atoms with Crippen molar-refractivity contribution in [1.29, 1.82) is 0 Å². The van der Waals surface area contributed by atoms with Crippen LogP contribution in [0, 0.1) is 11.8 Å². The van der Waals surface area contributed by atoms with Gasteiger partial charge in [-0.25, -0.2) is 5.48 Å². The summed E-state index contributed by atoms with van der Waals surface area (Å²) in [5.41, 5.74) is 7.56. The molecule has 0 bridgehead atoms. The molecule has 0 saturated heterocycles. The van der Waals surface area contributed by atoms with Gasteiger partial charge in [-0.1, -0.05) is 6.92 Å². The van der Waals surface area contributed by atoms with Gasteiger partial charge >= 0.3 is 0 Å². The van der Waals surface area contributed by atoms with E-state index in [-0.39, 0.29) is 5.91 Å². The zero-order chi connectivity index (χ0) is 10.6. The number of amides is 1. The van der Waals surface area contributed by atoms with Crippen LogP contribution in [0.4, 0.5) is 0 Å². The third kappa shape index (κ3) is 3.27. The highest BCUT2D eigenvalue weighted by molar-refractivity contribution is 5.74. The molecule has 0 heterocycles. The second-order valence-electron chi connectivity index (χ2n) is 4.39. The molecule has 0 aromatic rings. The highest BCUT2D eigenvalue weighted by Gasteiger charge is 2.24. The highest BCUT2D eigenvalue weighted by atomic mass is 16.5. The van der Waals surface area contributed by atoms with E-state index in [1.54, 1.807) is 5.48 Å². The number of hydroxylamine groups is 1. The van der Waals surface area contributed by atoms with Gasteiger partial charge in [-0.05, 0) is 37.5 Å². The molecule has 1 aliphatic carbocycles. The molecule has 0 aliphatic heterocycles. The summed E-state index contributed by atoms with van der Waals surface area (Å²) in [6.45, 7) is 2.17. The Bertz CT molecular complexity index is 197. The van der Waals surface area contributed by atoms with Gasteiger partial charge in [0.05, 0.1) is 0 Å².